The number of carbonyl (C=O) groups is 2. The van der Waals surface area contributed by atoms with Crippen LogP contribution in [0.1, 0.15) is 23.2 Å². The molecule has 1 aliphatic carbocycles. The smallest absolute Gasteiger partial charge is 0.341 e. The minimum atomic E-state index is -1.07. The van der Waals surface area contributed by atoms with E-state index in [0.717, 1.165) is 34.6 Å². The molecule has 4 aromatic rings. The fraction of sp³-hybridized carbons (Fsp3) is 0.154. The van der Waals surface area contributed by atoms with Gasteiger partial charge in [0.1, 0.15) is 5.75 Å². The standard InChI is InChI=1S/C26H22N2O4/c27-26(31)19-11-6-12-20-23(19)24-21(32-15-22(29)30)13-17-9-4-5-10-18(17)25(24)28(20)14-16-7-2-1-3-8-16/h2,4-13H,1,3,14-15H2,(H2,27,31)(H,29,30). The number of nitrogens with zero attached hydrogens (tertiary/aromatic N) is 1. The summed E-state index contributed by atoms with van der Waals surface area (Å²) in [5.74, 6) is -1.18. The first-order valence-corrected chi connectivity index (χ1v) is 10.5. The maximum absolute atomic E-state index is 12.4. The van der Waals surface area contributed by atoms with Crippen molar-refractivity contribution in [1.29, 1.82) is 0 Å². The van der Waals surface area contributed by atoms with Crippen molar-refractivity contribution in [2.24, 2.45) is 5.73 Å². The van der Waals surface area contributed by atoms with Crippen LogP contribution in [0.3, 0.4) is 0 Å². The lowest BCUT2D eigenvalue weighted by molar-refractivity contribution is -0.139. The zero-order valence-electron chi connectivity index (χ0n) is 17.4. The lowest BCUT2D eigenvalue weighted by Gasteiger charge is -2.14. The second kappa shape index (κ2) is 7.89. The molecule has 0 spiro atoms. The van der Waals surface area contributed by atoms with Crippen molar-refractivity contribution in [3.8, 4) is 5.75 Å². The molecule has 1 heterocycles. The van der Waals surface area contributed by atoms with Crippen LogP contribution in [-0.4, -0.2) is 28.2 Å². The molecule has 0 unspecified atom stereocenters. The van der Waals surface area contributed by atoms with Gasteiger partial charge in [0, 0.05) is 22.9 Å². The number of carboxylic acids is 1. The molecule has 0 bridgehead atoms. The Morgan fingerprint density at radius 1 is 1.06 bits per heavy atom. The molecule has 1 aliphatic rings. The molecule has 0 atom stereocenters. The predicted octanol–water partition coefficient (Wildman–Crippen LogP) is 4.79. The first-order valence-electron chi connectivity index (χ1n) is 10.5. The summed E-state index contributed by atoms with van der Waals surface area (Å²) < 4.78 is 7.92. The van der Waals surface area contributed by atoms with Gasteiger partial charge in [-0.2, -0.15) is 0 Å². The number of hydrogen-bond donors (Lipinski definition) is 2. The molecule has 3 aromatic carbocycles. The summed E-state index contributed by atoms with van der Waals surface area (Å²) in [6, 6.07) is 15.2. The Morgan fingerprint density at radius 2 is 1.91 bits per heavy atom. The van der Waals surface area contributed by atoms with Crippen LogP contribution in [0.2, 0.25) is 0 Å². The first-order chi connectivity index (χ1) is 15.5. The van der Waals surface area contributed by atoms with Crippen LogP contribution in [-0.2, 0) is 11.3 Å². The molecule has 0 saturated heterocycles. The number of ether oxygens (including phenoxy) is 1. The van der Waals surface area contributed by atoms with Gasteiger partial charge in [0.2, 0.25) is 5.91 Å². The summed E-state index contributed by atoms with van der Waals surface area (Å²) in [7, 11) is 0. The molecule has 0 saturated carbocycles. The van der Waals surface area contributed by atoms with Crippen LogP contribution in [0, 0.1) is 0 Å². The largest absolute Gasteiger partial charge is 0.481 e. The van der Waals surface area contributed by atoms with Gasteiger partial charge in [-0.25, -0.2) is 4.79 Å². The highest BCUT2D eigenvalue weighted by atomic mass is 16.5. The summed E-state index contributed by atoms with van der Waals surface area (Å²) in [6.07, 6.45) is 8.54. The number of allylic oxidation sites excluding steroid dienone is 4. The molecule has 6 heteroatoms. The Labute approximate surface area is 184 Å². The van der Waals surface area contributed by atoms with E-state index in [1.165, 1.54) is 5.57 Å². The Kier molecular flexibility index (Phi) is 4.90. The van der Waals surface area contributed by atoms with Gasteiger partial charge in [-0.05, 0) is 42.0 Å². The van der Waals surface area contributed by atoms with Crippen LogP contribution >= 0.6 is 0 Å². The molecular weight excluding hydrogens is 404 g/mol. The van der Waals surface area contributed by atoms with E-state index in [1.807, 2.05) is 42.5 Å². The highest BCUT2D eigenvalue weighted by molar-refractivity contribution is 6.25. The van der Waals surface area contributed by atoms with Crippen LogP contribution < -0.4 is 10.5 Å². The third-order valence-electron chi connectivity index (χ3n) is 5.87. The van der Waals surface area contributed by atoms with E-state index in [9.17, 15) is 14.7 Å². The zero-order chi connectivity index (χ0) is 22.2. The highest BCUT2D eigenvalue weighted by Crippen LogP contribution is 2.42. The normalized spacial score (nSPS) is 13.6. The molecule has 0 aliphatic heterocycles. The second-order valence-electron chi connectivity index (χ2n) is 7.91. The van der Waals surface area contributed by atoms with Crippen molar-refractivity contribution >= 4 is 44.5 Å². The third kappa shape index (κ3) is 3.30. The average Bonchev–Trinajstić information content (AvgIpc) is 3.13. The first kappa shape index (κ1) is 19.9. The lowest BCUT2D eigenvalue weighted by Crippen LogP contribution is -2.11. The molecule has 3 N–H and O–H groups in total. The highest BCUT2D eigenvalue weighted by Gasteiger charge is 2.22. The van der Waals surface area contributed by atoms with Gasteiger partial charge in [0.15, 0.2) is 6.61 Å². The topological polar surface area (TPSA) is 94.6 Å². The van der Waals surface area contributed by atoms with Gasteiger partial charge in [0.25, 0.3) is 0 Å². The molecule has 1 aromatic heterocycles. The molecule has 160 valence electrons. The van der Waals surface area contributed by atoms with Crippen LogP contribution in [0.5, 0.6) is 5.75 Å². The lowest BCUT2D eigenvalue weighted by atomic mass is 10.0. The molecular formula is C26H22N2O4. The molecule has 32 heavy (non-hydrogen) atoms. The third-order valence-corrected chi connectivity index (χ3v) is 5.87. The van der Waals surface area contributed by atoms with Gasteiger partial charge in [-0.15, -0.1) is 0 Å². The molecule has 6 nitrogen and oxygen atoms in total. The van der Waals surface area contributed by atoms with Crippen molar-refractivity contribution < 1.29 is 19.4 Å². The number of carbonyl (C=O) groups excluding carboxylic acids is 1. The maximum atomic E-state index is 12.4. The minimum Gasteiger partial charge on any atom is -0.481 e. The number of carboxylic acid groups (broad SMARTS) is 1. The molecule has 0 fully saturated rings. The number of aliphatic carboxylic acids is 1. The van der Waals surface area contributed by atoms with Crippen molar-refractivity contribution in [2.45, 2.75) is 19.4 Å². The Morgan fingerprint density at radius 3 is 2.66 bits per heavy atom. The van der Waals surface area contributed by atoms with Crippen molar-refractivity contribution in [1.82, 2.24) is 4.57 Å². The van der Waals surface area contributed by atoms with E-state index in [-0.39, 0.29) is 0 Å². The van der Waals surface area contributed by atoms with E-state index >= 15 is 0 Å². The number of rotatable bonds is 6. The average molecular weight is 426 g/mol. The van der Waals surface area contributed by atoms with Crippen LogP contribution in [0.15, 0.2) is 72.3 Å². The monoisotopic (exact) mass is 426 g/mol. The summed E-state index contributed by atoms with van der Waals surface area (Å²) >= 11 is 0. The van der Waals surface area contributed by atoms with Gasteiger partial charge in [-0.3, -0.25) is 4.79 Å². The fourth-order valence-corrected chi connectivity index (χ4v) is 4.56. The predicted molar refractivity (Wildman–Crippen MR) is 125 cm³/mol. The van der Waals surface area contributed by atoms with Gasteiger partial charge in [0.05, 0.1) is 16.4 Å². The number of hydrogen-bond acceptors (Lipinski definition) is 3. The summed E-state index contributed by atoms with van der Waals surface area (Å²) in [5, 5.41) is 12.5. The van der Waals surface area contributed by atoms with E-state index in [1.54, 1.807) is 6.07 Å². The van der Waals surface area contributed by atoms with Crippen LogP contribution in [0.25, 0.3) is 32.6 Å². The number of amides is 1. The minimum absolute atomic E-state index is 0.384. The van der Waals surface area contributed by atoms with E-state index in [2.05, 4.69) is 22.8 Å². The summed E-state index contributed by atoms with van der Waals surface area (Å²) in [5.41, 5.74) is 9.06. The Balaban J connectivity index is 1.93. The van der Waals surface area contributed by atoms with Crippen LogP contribution in [0.4, 0.5) is 0 Å². The van der Waals surface area contributed by atoms with E-state index in [4.69, 9.17) is 10.5 Å². The summed E-state index contributed by atoms with van der Waals surface area (Å²) in [4.78, 5) is 23.6. The van der Waals surface area contributed by atoms with Gasteiger partial charge in [-0.1, -0.05) is 48.6 Å². The number of primary amides is 1. The molecule has 0 radical (unpaired) electrons. The number of aromatic nitrogens is 1. The second-order valence-corrected chi connectivity index (χ2v) is 7.91. The van der Waals surface area contributed by atoms with Crippen molar-refractivity contribution in [2.75, 3.05) is 6.61 Å². The van der Waals surface area contributed by atoms with E-state index in [0.29, 0.717) is 28.6 Å². The van der Waals surface area contributed by atoms with Crippen molar-refractivity contribution in [3.05, 3.63) is 77.9 Å². The number of benzene rings is 3. The fourth-order valence-electron chi connectivity index (χ4n) is 4.56. The Bertz CT molecular complexity index is 1460. The number of fused-ring (bicyclic) bond motifs is 5. The maximum Gasteiger partial charge on any atom is 0.341 e. The van der Waals surface area contributed by atoms with Crippen molar-refractivity contribution in [3.63, 3.8) is 0 Å². The number of nitrogens with two attached hydrogens (primary N) is 1. The van der Waals surface area contributed by atoms with Gasteiger partial charge < -0.3 is 20.1 Å². The summed E-state index contributed by atoms with van der Waals surface area (Å²) in [6.45, 7) is 0.137. The van der Waals surface area contributed by atoms with E-state index < -0.39 is 18.5 Å². The molecule has 1 amide bonds. The molecule has 5 rings (SSSR count). The zero-order valence-corrected chi connectivity index (χ0v) is 17.4. The Hall–Kier alpha value is -4.06. The SMILES string of the molecule is NC(=O)c1cccc2c1c1c(OCC(=O)O)cc3ccccc3c1n2CC1=CCCC=C1. The van der Waals surface area contributed by atoms with Gasteiger partial charge >= 0.3 is 5.97 Å². The quantitative estimate of drug-likeness (QED) is 0.464.